The van der Waals surface area contributed by atoms with Crippen LogP contribution in [-0.2, 0) is 24.2 Å². The number of nitrogens with zero attached hydrogens (tertiary/aromatic N) is 1. The summed E-state index contributed by atoms with van der Waals surface area (Å²) in [7, 11) is -3.17. The zero-order chi connectivity index (χ0) is 16.3. The van der Waals surface area contributed by atoms with Crippen molar-refractivity contribution in [2.24, 2.45) is 5.92 Å². The molecule has 3 aliphatic rings. The highest BCUT2D eigenvalue weighted by molar-refractivity contribution is 7.89. The molecule has 0 spiro atoms. The van der Waals surface area contributed by atoms with Crippen LogP contribution in [0.25, 0.3) is 0 Å². The van der Waals surface area contributed by atoms with Crippen molar-refractivity contribution in [3.05, 3.63) is 0 Å². The molecule has 0 radical (unpaired) electrons. The third-order valence-electron chi connectivity index (χ3n) is 5.19. The van der Waals surface area contributed by atoms with Gasteiger partial charge in [0.25, 0.3) is 0 Å². The van der Waals surface area contributed by atoms with Gasteiger partial charge >= 0.3 is 0 Å². The number of ether oxygens (including phenoxy) is 3. The van der Waals surface area contributed by atoms with Crippen LogP contribution in [0.3, 0.4) is 0 Å². The smallest absolute Gasteiger partial charge is 0.214 e. The molecule has 3 fully saturated rings. The van der Waals surface area contributed by atoms with E-state index >= 15 is 0 Å². The van der Waals surface area contributed by atoms with Gasteiger partial charge in [0.1, 0.15) is 6.10 Å². The monoisotopic (exact) mass is 347 g/mol. The molecule has 0 unspecified atom stereocenters. The summed E-state index contributed by atoms with van der Waals surface area (Å²) in [5, 5.41) is 0. The number of hydrogen-bond donors (Lipinski definition) is 0. The first-order chi connectivity index (χ1) is 11.1. The van der Waals surface area contributed by atoms with E-state index in [4.69, 9.17) is 14.2 Å². The molecule has 2 aliphatic heterocycles. The number of fused-ring (bicyclic) bond motifs is 1. The molecule has 3 rings (SSSR count). The van der Waals surface area contributed by atoms with Crippen molar-refractivity contribution in [1.29, 1.82) is 0 Å². The molecule has 1 aliphatic carbocycles. The third-order valence-corrected chi connectivity index (χ3v) is 7.28. The van der Waals surface area contributed by atoms with Gasteiger partial charge in [-0.3, -0.25) is 0 Å². The molecule has 6 nitrogen and oxygen atoms in total. The topological polar surface area (TPSA) is 65.1 Å². The highest BCUT2D eigenvalue weighted by Crippen LogP contribution is 2.34. The summed E-state index contributed by atoms with van der Waals surface area (Å²) in [5.74, 6) is 0.787. The second kappa shape index (κ2) is 7.78. The summed E-state index contributed by atoms with van der Waals surface area (Å²) in [4.78, 5) is 0. The lowest BCUT2D eigenvalue weighted by atomic mass is 10.0. The third kappa shape index (κ3) is 4.07. The molecule has 0 amide bonds. The summed E-state index contributed by atoms with van der Waals surface area (Å²) in [6.45, 7) is 5.25. The minimum atomic E-state index is -3.17. The van der Waals surface area contributed by atoms with E-state index in [1.807, 2.05) is 6.92 Å². The van der Waals surface area contributed by atoms with Gasteiger partial charge in [-0.1, -0.05) is 6.92 Å². The van der Waals surface area contributed by atoms with Crippen molar-refractivity contribution in [3.63, 3.8) is 0 Å². The summed E-state index contributed by atoms with van der Waals surface area (Å²) in [5.41, 5.74) is 0. The van der Waals surface area contributed by atoms with Gasteiger partial charge in [-0.05, 0) is 38.0 Å². The van der Waals surface area contributed by atoms with Gasteiger partial charge in [-0.2, -0.15) is 4.31 Å². The molecule has 7 heteroatoms. The van der Waals surface area contributed by atoms with Crippen molar-refractivity contribution in [3.8, 4) is 0 Å². The van der Waals surface area contributed by atoms with Gasteiger partial charge in [-0.15, -0.1) is 0 Å². The Morgan fingerprint density at radius 3 is 2.65 bits per heavy atom. The highest BCUT2D eigenvalue weighted by Gasteiger charge is 2.47. The molecular weight excluding hydrogens is 318 g/mol. The van der Waals surface area contributed by atoms with E-state index in [1.165, 1.54) is 0 Å². The standard InChI is InChI=1S/C16H29NO5S/c1-2-11-23(18,19)17-7-10-21-16-14(17)3-4-15(16)22-12-13-5-8-20-9-6-13/h13-16H,2-12H2,1H3/t14-,15-,16-/m1/s1. The number of sulfonamides is 1. The molecule has 0 aromatic heterocycles. The van der Waals surface area contributed by atoms with Crippen LogP contribution in [0.1, 0.15) is 39.0 Å². The predicted octanol–water partition coefficient (Wildman–Crippen LogP) is 1.40. The summed E-state index contributed by atoms with van der Waals surface area (Å²) in [6, 6.07) is -0.0417. The van der Waals surface area contributed by atoms with Crippen molar-refractivity contribution in [2.75, 3.05) is 38.7 Å². The van der Waals surface area contributed by atoms with E-state index in [-0.39, 0.29) is 24.0 Å². The van der Waals surface area contributed by atoms with Crippen LogP contribution >= 0.6 is 0 Å². The predicted molar refractivity (Wildman–Crippen MR) is 86.8 cm³/mol. The van der Waals surface area contributed by atoms with Crippen molar-refractivity contribution in [2.45, 2.75) is 57.3 Å². The van der Waals surface area contributed by atoms with E-state index in [1.54, 1.807) is 4.31 Å². The van der Waals surface area contributed by atoms with Crippen LogP contribution in [0, 0.1) is 5.92 Å². The maximum absolute atomic E-state index is 12.5. The normalized spacial score (nSPS) is 33.7. The van der Waals surface area contributed by atoms with Crippen LogP contribution < -0.4 is 0 Å². The molecule has 0 aromatic rings. The average molecular weight is 347 g/mol. The van der Waals surface area contributed by atoms with E-state index < -0.39 is 10.0 Å². The Hall–Kier alpha value is -0.210. The number of rotatable bonds is 6. The van der Waals surface area contributed by atoms with Gasteiger partial charge in [0, 0.05) is 19.8 Å². The Labute approximate surface area is 139 Å². The van der Waals surface area contributed by atoms with E-state index in [0.717, 1.165) is 45.5 Å². The maximum atomic E-state index is 12.5. The van der Waals surface area contributed by atoms with Gasteiger partial charge < -0.3 is 14.2 Å². The lowest BCUT2D eigenvalue weighted by molar-refractivity contribution is -0.106. The minimum absolute atomic E-state index is 0.0301. The fourth-order valence-electron chi connectivity index (χ4n) is 3.95. The van der Waals surface area contributed by atoms with Crippen molar-refractivity contribution < 1.29 is 22.6 Å². The Kier molecular flexibility index (Phi) is 5.96. The molecule has 2 saturated heterocycles. The lowest BCUT2D eigenvalue weighted by Crippen LogP contribution is -2.54. The van der Waals surface area contributed by atoms with E-state index in [9.17, 15) is 8.42 Å². The first kappa shape index (κ1) is 17.6. The quantitative estimate of drug-likeness (QED) is 0.727. The molecule has 1 saturated carbocycles. The molecule has 23 heavy (non-hydrogen) atoms. The van der Waals surface area contributed by atoms with Crippen molar-refractivity contribution >= 4 is 10.0 Å². The average Bonchev–Trinajstić information content (AvgIpc) is 2.97. The van der Waals surface area contributed by atoms with E-state index in [0.29, 0.717) is 25.5 Å². The molecule has 2 heterocycles. The van der Waals surface area contributed by atoms with Gasteiger partial charge in [0.05, 0.1) is 31.1 Å². The zero-order valence-electron chi connectivity index (χ0n) is 14.0. The second-order valence-electron chi connectivity index (χ2n) is 6.83. The van der Waals surface area contributed by atoms with Crippen LogP contribution in [0.2, 0.25) is 0 Å². The fourth-order valence-corrected chi connectivity index (χ4v) is 5.69. The van der Waals surface area contributed by atoms with Crippen LogP contribution in [0.15, 0.2) is 0 Å². The summed E-state index contributed by atoms with van der Waals surface area (Å²) in [6.07, 6.45) is 4.42. The SMILES string of the molecule is CCCS(=O)(=O)N1CCO[C@@H]2[C@H]1CC[C@H]2OCC1CCOCC1. The first-order valence-electron chi connectivity index (χ1n) is 8.92. The lowest BCUT2D eigenvalue weighted by Gasteiger charge is -2.38. The van der Waals surface area contributed by atoms with Crippen LogP contribution in [0.4, 0.5) is 0 Å². The highest BCUT2D eigenvalue weighted by atomic mass is 32.2. The van der Waals surface area contributed by atoms with Gasteiger partial charge in [0.2, 0.25) is 10.0 Å². The molecule has 134 valence electrons. The zero-order valence-corrected chi connectivity index (χ0v) is 14.8. The van der Waals surface area contributed by atoms with Gasteiger partial charge in [0.15, 0.2) is 0 Å². The number of hydrogen-bond acceptors (Lipinski definition) is 5. The molecule has 0 N–H and O–H groups in total. The molecule has 0 aromatic carbocycles. The second-order valence-corrected chi connectivity index (χ2v) is 8.88. The maximum Gasteiger partial charge on any atom is 0.214 e. The van der Waals surface area contributed by atoms with Gasteiger partial charge in [-0.25, -0.2) is 8.42 Å². The largest absolute Gasteiger partial charge is 0.381 e. The van der Waals surface area contributed by atoms with Crippen LogP contribution in [0.5, 0.6) is 0 Å². The minimum Gasteiger partial charge on any atom is -0.381 e. The Balaban J connectivity index is 1.57. The molecule has 0 bridgehead atoms. The summed E-state index contributed by atoms with van der Waals surface area (Å²) < 4.78 is 44.0. The first-order valence-corrected chi connectivity index (χ1v) is 10.5. The fraction of sp³-hybridized carbons (Fsp3) is 1.00. The van der Waals surface area contributed by atoms with Crippen molar-refractivity contribution in [1.82, 2.24) is 4.31 Å². The van der Waals surface area contributed by atoms with Crippen LogP contribution in [-0.4, -0.2) is 69.7 Å². The summed E-state index contributed by atoms with van der Waals surface area (Å²) >= 11 is 0. The molecule has 3 atom stereocenters. The Morgan fingerprint density at radius 1 is 1.13 bits per heavy atom. The van der Waals surface area contributed by atoms with E-state index in [2.05, 4.69) is 0 Å². The number of morpholine rings is 1. The molecular formula is C16H29NO5S. The Morgan fingerprint density at radius 2 is 1.91 bits per heavy atom. The Bertz CT molecular complexity index is 477.